The van der Waals surface area contributed by atoms with Gasteiger partial charge in [-0.25, -0.2) is 8.42 Å². The number of methoxy groups -OCH3 is 1. The van der Waals surface area contributed by atoms with Gasteiger partial charge in [0.05, 0.1) is 25.2 Å². The van der Waals surface area contributed by atoms with Crippen LogP contribution in [0.1, 0.15) is 19.8 Å². The third-order valence-electron chi connectivity index (χ3n) is 4.34. The molecule has 2 rings (SSSR count). The van der Waals surface area contributed by atoms with E-state index < -0.39 is 9.84 Å². The van der Waals surface area contributed by atoms with Crippen molar-refractivity contribution in [2.45, 2.75) is 25.8 Å². The topological polar surface area (TPSA) is 102 Å². The molecule has 0 aliphatic carbocycles. The maximum atomic E-state index is 12.0. The average Bonchev–Trinajstić information content (AvgIpc) is 2.96. The lowest BCUT2D eigenvalue weighted by Crippen LogP contribution is -2.39. The molecule has 1 unspecified atom stereocenters. The van der Waals surface area contributed by atoms with Gasteiger partial charge >= 0.3 is 0 Å². The van der Waals surface area contributed by atoms with Crippen LogP contribution in [0.25, 0.3) is 0 Å². The second-order valence-corrected chi connectivity index (χ2v) is 8.68. The van der Waals surface area contributed by atoms with Crippen LogP contribution in [-0.2, 0) is 19.4 Å². The number of rotatable bonds is 9. The minimum Gasteiger partial charge on any atom is -0.497 e. The fraction of sp³-hybridized carbons (Fsp3) is 0.556. The van der Waals surface area contributed by atoms with Crippen molar-refractivity contribution < 1.29 is 27.5 Å². The summed E-state index contributed by atoms with van der Waals surface area (Å²) in [5.41, 5.74) is 0. The Balaban J connectivity index is 1.72. The summed E-state index contributed by atoms with van der Waals surface area (Å²) in [5, 5.41) is 2.72. The molecule has 1 aliphatic rings. The van der Waals surface area contributed by atoms with E-state index in [9.17, 15) is 18.0 Å². The van der Waals surface area contributed by atoms with Gasteiger partial charge in [-0.1, -0.05) is 0 Å². The number of carbonyl (C=O) groups excluding carboxylic acids is 2. The number of carbonyl (C=O) groups is 2. The van der Waals surface area contributed by atoms with Gasteiger partial charge < -0.3 is 19.7 Å². The molecule has 0 radical (unpaired) electrons. The van der Waals surface area contributed by atoms with Crippen LogP contribution in [0.15, 0.2) is 24.3 Å². The quantitative estimate of drug-likeness (QED) is 0.654. The van der Waals surface area contributed by atoms with Crippen LogP contribution in [0.3, 0.4) is 0 Å². The second kappa shape index (κ2) is 9.59. The maximum Gasteiger partial charge on any atom is 0.222 e. The van der Waals surface area contributed by atoms with E-state index in [1.54, 1.807) is 31.4 Å². The summed E-state index contributed by atoms with van der Waals surface area (Å²) >= 11 is 0. The molecule has 1 saturated heterocycles. The molecule has 150 valence electrons. The predicted molar refractivity (Wildman–Crippen MR) is 101 cm³/mol. The number of benzene rings is 1. The number of sulfone groups is 1. The van der Waals surface area contributed by atoms with Crippen LogP contribution in [0.5, 0.6) is 11.5 Å². The van der Waals surface area contributed by atoms with Gasteiger partial charge in [-0.05, 0) is 30.7 Å². The number of amides is 2. The smallest absolute Gasteiger partial charge is 0.222 e. The van der Waals surface area contributed by atoms with Gasteiger partial charge in [0.25, 0.3) is 0 Å². The van der Waals surface area contributed by atoms with E-state index in [-0.39, 0.29) is 42.3 Å². The molecule has 0 aromatic heterocycles. The van der Waals surface area contributed by atoms with Crippen LogP contribution in [-0.4, -0.2) is 69.5 Å². The van der Waals surface area contributed by atoms with Gasteiger partial charge in [0.1, 0.15) is 18.1 Å². The summed E-state index contributed by atoms with van der Waals surface area (Å²) in [5.74, 6) is 1.10. The molecule has 0 bridgehead atoms. The minimum atomic E-state index is -3.03. The first-order valence-electron chi connectivity index (χ1n) is 8.81. The van der Waals surface area contributed by atoms with E-state index in [1.807, 2.05) is 0 Å². The molecule has 0 saturated carbocycles. The van der Waals surface area contributed by atoms with Gasteiger partial charge in [0.2, 0.25) is 11.8 Å². The van der Waals surface area contributed by atoms with Gasteiger partial charge in [-0.2, -0.15) is 0 Å². The molecule has 0 spiro atoms. The van der Waals surface area contributed by atoms with E-state index in [2.05, 4.69) is 5.32 Å². The highest BCUT2D eigenvalue weighted by atomic mass is 32.2. The molecule has 1 aromatic rings. The number of ether oxygens (including phenoxy) is 2. The summed E-state index contributed by atoms with van der Waals surface area (Å²) in [6.07, 6.45) is 0.568. The summed E-state index contributed by atoms with van der Waals surface area (Å²) in [6.45, 7) is 2.35. The largest absolute Gasteiger partial charge is 0.497 e. The highest BCUT2D eigenvalue weighted by Gasteiger charge is 2.28. The van der Waals surface area contributed by atoms with E-state index in [0.717, 1.165) is 5.75 Å². The Bertz CT molecular complexity index is 748. The molecular formula is C18H26N2O6S. The predicted octanol–water partition coefficient (Wildman–Crippen LogP) is 0.616. The molecular weight excluding hydrogens is 372 g/mol. The first-order chi connectivity index (χ1) is 12.8. The standard InChI is InChI=1S/C18H26N2O6S/c1-14(21)20(10-11-26-17-5-3-16(25-2)4-6-17)9-7-18(22)19-15-8-12-27(23,24)13-15/h3-6,15H,7-13H2,1-2H3,(H,19,22). The van der Waals surface area contributed by atoms with E-state index in [0.29, 0.717) is 25.3 Å². The molecule has 9 heteroatoms. The van der Waals surface area contributed by atoms with Crippen LogP contribution in [0, 0.1) is 0 Å². The Morgan fingerprint density at radius 1 is 1.19 bits per heavy atom. The summed E-state index contributed by atoms with van der Waals surface area (Å²) in [7, 11) is -1.45. The normalized spacial score (nSPS) is 17.9. The number of hydrogen-bond donors (Lipinski definition) is 1. The van der Waals surface area contributed by atoms with Gasteiger partial charge in [-0.3, -0.25) is 9.59 Å². The second-order valence-electron chi connectivity index (χ2n) is 6.45. The SMILES string of the molecule is COc1ccc(OCCN(CCC(=O)NC2CCS(=O)(=O)C2)C(C)=O)cc1. The van der Waals surface area contributed by atoms with E-state index >= 15 is 0 Å². The Morgan fingerprint density at radius 3 is 2.41 bits per heavy atom. The first-order valence-corrected chi connectivity index (χ1v) is 10.6. The molecule has 1 fully saturated rings. The summed E-state index contributed by atoms with van der Waals surface area (Å²) in [6, 6.07) is 6.80. The fourth-order valence-electron chi connectivity index (χ4n) is 2.82. The van der Waals surface area contributed by atoms with Crippen LogP contribution < -0.4 is 14.8 Å². The number of nitrogens with one attached hydrogen (secondary N) is 1. The molecule has 27 heavy (non-hydrogen) atoms. The molecule has 1 aromatic carbocycles. The van der Waals surface area contributed by atoms with Gasteiger partial charge in [0.15, 0.2) is 9.84 Å². The highest BCUT2D eigenvalue weighted by molar-refractivity contribution is 7.91. The van der Waals surface area contributed by atoms with Crippen molar-refractivity contribution in [2.24, 2.45) is 0 Å². The van der Waals surface area contributed by atoms with Gasteiger partial charge in [0, 0.05) is 25.9 Å². The molecule has 1 atom stereocenters. The Labute approximate surface area is 159 Å². The van der Waals surface area contributed by atoms with Crippen molar-refractivity contribution >= 4 is 21.7 Å². The zero-order valence-corrected chi connectivity index (χ0v) is 16.5. The van der Waals surface area contributed by atoms with Crippen molar-refractivity contribution in [3.63, 3.8) is 0 Å². The number of nitrogens with zero attached hydrogens (tertiary/aromatic N) is 1. The van der Waals surface area contributed by atoms with E-state index in [4.69, 9.17) is 9.47 Å². The summed E-state index contributed by atoms with van der Waals surface area (Å²) in [4.78, 5) is 25.3. The van der Waals surface area contributed by atoms with E-state index in [1.165, 1.54) is 11.8 Å². The zero-order valence-electron chi connectivity index (χ0n) is 15.6. The molecule has 8 nitrogen and oxygen atoms in total. The Kier molecular flexibility index (Phi) is 7.46. The van der Waals surface area contributed by atoms with Crippen LogP contribution in [0.4, 0.5) is 0 Å². The fourth-order valence-corrected chi connectivity index (χ4v) is 4.49. The number of hydrogen-bond acceptors (Lipinski definition) is 6. The van der Waals surface area contributed by atoms with Crippen molar-refractivity contribution in [2.75, 3.05) is 38.3 Å². The lowest BCUT2D eigenvalue weighted by atomic mass is 10.2. The Morgan fingerprint density at radius 2 is 1.85 bits per heavy atom. The minimum absolute atomic E-state index is 0.00906. The van der Waals surface area contributed by atoms with Crippen LogP contribution >= 0.6 is 0 Å². The molecule has 1 aliphatic heterocycles. The van der Waals surface area contributed by atoms with Crippen molar-refractivity contribution in [1.29, 1.82) is 0 Å². The van der Waals surface area contributed by atoms with Crippen LogP contribution in [0.2, 0.25) is 0 Å². The first kappa shape index (κ1) is 21.0. The van der Waals surface area contributed by atoms with Crippen molar-refractivity contribution in [3.8, 4) is 11.5 Å². The third-order valence-corrected chi connectivity index (χ3v) is 6.11. The molecule has 2 amide bonds. The highest BCUT2D eigenvalue weighted by Crippen LogP contribution is 2.17. The van der Waals surface area contributed by atoms with Gasteiger partial charge in [-0.15, -0.1) is 0 Å². The zero-order chi connectivity index (χ0) is 19.9. The van der Waals surface area contributed by atoms with Crippen molar-refractivity contribution in [1.82, 2.24) is 10.2 Å². The average molecular weight is 398 g/mol. The Hall–Kier alpha value is -2.29. The van der Waals surface area contributed by atoms with Crippen molar-refractivity contribution in [3.05, 3.63) is 24.3 Å². The monoisotopic (exact) mass is 398 g/mol. The maximum absolute atomic E-state index is 12.0. The molecule has 1 heterocycles. The third kappa shape index (κ3) is 7.09. The summed E-state index contributed by atoms with van der Waals surface area (Å²) < 4.78 is 33.5. The lowest BCUT2D eigenvalue weighted by Gasteiger charge is -2.21. The lowest BCUT2D eigenvalue weighted by molar-refractivity contribution is -0.130. The molecule has 1 N–H and O–H groups in total.